The lowest BCUT2D eigenvalue weighted by molar-refractivity contribution is -0.144. The van der Waals surface area contributed by atoms with Gasteiger partial charge >= 0.3 is 5.97 Å². The first-order chi connectivity index (χ1) is 15.3. The summed E-state index contributed by atoms with van der Waals surface area (Å²) in [6.07, 6.45) is 1.46. The maximum atomic E-state index is 13.3. The van der Waals surface area contributed by atoms with Gasteiger partial charge in [-0.3, -0.25) is 14.5 Å². The molecule has 1 heterocycles. The summed E-state index contributed by atoms with van der Waals surface area (Å²) in [7, 11) is 3.09. The van der Waals surface area contributed by atoms with E-state index in [2.05, 4.69) is 4.99 Å². The van der Waals surface area contributed by atoms with Gasteiger partial charge in [-0.15, -0.1) is 0 Å². The first kappa shape index (κ1) is 23.7. The molecule has 0 spiro atoms. The van der Waals surface area contributed by atoms with E-state index in [0.717, 1.165) is 17.3 Å². The Morgan fingerprint density at radius 3 is 2.50 bits per heavy atom. The number of esters is 1. The number of hydrogen-bond donors (Lipinski definition) is 0. The van der Waals surface area contributed by atoms with Crippen LogP contribution in [0, 0.1) is 0 Å². The third kappa shape index (κ3) is 5.63. The third-order valence-electron chi connectivity index (χ3n) is 4.33. The standard InChI is InChI=1S/C23H23ClN2O5S/c1-14(2)31-21(27)13-32-23-25-19(11-15-5-8-17(29-3)9-6-15)22(28)26(23)16-7-10-18(24)20(12-16)30-4/h5-12,14H,13H2,1-4H3/b19-11-. The highest BCUT2D eigenvalue weighted by molar-refractivity contribution is 8.14. The van der Waals surface area contributed by atoms with Crippen molar-refractivity contribution < 1.29 is 23.8 Å². The number of hydrogen-bond acceptors (Lipinski definition) is 7. The Bertz CT molecular complexity index is 1070. The molecule has 0 fully saturated rings. The van der Waals surface area contributed by atoms with Crippen LogP contribution in [0.15, 0.2) is 53.2 Å². The summed E-state index contributed by atoms with van der Waals surface area (Å²) >= 11 is 7.27. The van der Waals surface area contributed by atoms with Gasteiger partial charge in [0.25, 0.3) is 5.91 Å². The molecule has 0 N–H and O–H groups in total. The molecule has 0 aliphatic carbocycles. The van der Waals surface area contributed by atoms with Gasteiger partial charge in [0, 0.05) is 6.07 Å². The minimum absolute atomic E-state index is 0.0152. The van der Waals surface area contributed by atoms with Crippen LogP contribution in [0.1, 0.15) is 19.4 Å². The number of thioether (sulfide) groups is 1. The molecule has 3 rings (SSSR count). The quantitative estimate of drug-likeness (QED) is 0.424. The van der Waals surface area contributed by atoms with Crippen LogP contribution in [-0.4, -0.2) is 43.1 Å². The van der Waals surface area contributed by atoms with Gasteiger partial charge < -0.3 is 14.2 Å². The van der Waals surface area contributed by atoms with Crippen molar-refractivity contribution >= 4 is 52.2 Å². The fourth-order valence-corrected chi connectivity index (χ4v) is 3.88. The van der Waals surface area contributed by atoms with Gasteiger partial charge in [0.05, 0.1) is 36.8 Å². The number of halogens is 1. The van der Waals surface area contributed by atoms with Gasteiger partial charge in [0.15, 0.2) is 5.17 Å². The minimum atomic E-state index is -0.388. The smallest absolute Gasteiger partial charge is 0.316 e. The zero-order valence-electron chi connectivity index (χ0n) is 18.1. The van der Waals surface area contributed by atoms with E-state index in [9.17, 15) is 9.59 Å². The molecule has 0 saturated carbocycles. The number of amidine groups is 1. The number of nitrogens with zero attached hydrogens (tertiary/aromatic N) is 2. The van der Waals surface area contributed by atoms with Crippen molar-refractivity contribution in [3.05, 3.63) is 58.7 Å². The molecule has 0 radical (unpaired) electrons. The summed E-state index contributed by atoms with van der Waals surface area (Å²) in [6, 6.07) is 12.2. The summed E-state index contributed by atoms with van der Waals surface area (Å²) in [5.41, 5.74) is 1.55. The number of aliphatic imine (C=N–C) groups is 1. The van der Waals surface area contributed by atoms with Gasteiger partial charge in [-0.1, -0.05) is 35.5 Å². The molecular weight excluding hydrogens is 452 g/mol. The predicted octanol–water partition coefficient (Wildman–Crippen LogP) is 4.79. The van der Waals surface area contributed by atoms with Crippen LogP contribution in [-0.2, 0) is 14.3 Å². The van der Waals surface area contributed by atoms with Crippen molar-refractivity contribution in [2.75, 3.05) is 24.9 Å². The van der Waals surface area contributed by atoms with Crippen molar-refractivity contribution in [1.29, 1.82) is 0 Å². The summed E-state index contributed by atoms with van der Waals surface area (Å²) in [6.45, 7) is 3.56. The highest BCUT2D eigenvalue weighted by Gasteiger charge is 2.33. The van der Waals surface area contributed by atoms with E-state index >= 15 is 0 Å². The van der Waals surface area contributed by atoms with E-state index in [4.69, 9.17) is 25.8 Å². The van der Waals surface area contributed by atoms with Crippen molar-refractivity contribution in [3.63, 3.8) is 0 Å². The normalized spacial score (nSPS) is 14.7. The number of methoxy groups -OCH3 is 2. The summed E-state index contributed by atoms with van der Waals surface area (Å²) < 4.78 is 15.6. The van der Waals surface area contributed by atoms with Gasteiger partial charge in [-0.05, 0) is 49.8 Å². The second kappa shape index (κ2) is 10.6. The molecule has 1 aliphatic rings. The van der Waals surface area contributed by atoms with Gasteiger partial charge in [0.2, 0.25) is 0 Å². The third-order valence-corrected chi connectivity index (χ3v) is 5.55. The van der Waals surface area contributed by atoms with E-state index in [1.165, 1.54) is 12.0 Å². The fourth-order valence-electron chi connectivity index (χ4n) is 2.89. The summed E-state index contributed by atoms with van der Waals surface area (Å²) in [5, 5.41) is 0.781. The number of rotatable bonds is 7. The lowest BCUT2D eigenvalue weighted by Gasteiger charge is -2.19. The molecule has 9 heteroatoms. The van der Waals surface area contributed by atoms with E-state index in [-0.39, 0.29) is 29.4 Å². The zero-order valence-corrected chi connectivity index (χ0v) is 19.7. The van der Waals surface area contributed by atoms with Crippen molar-refractivity contribution in [3.8, 4) is 11.5 Å². The highest BCUT2D eigenvalue weighted by Crippen LogP contribution is 2.34. The Kier molecular flexibility index (Phi) is 7.82. The molecule has 2 aromatic carbocycles. The number of anilines is 1. The molecule has 0 aromatic heterocycles. The molecular formula is C23H23ClN2O5S. The monoisotopic (exact) mass is 474 g/mol. The first-order valence-electron chi connectivity index (χ1n) is 9.77. The molecule has 32 heavy (non-hydrogen) atoms. The molecule has 1 aliphatic heterocycles. The molecule has 0 bridgehead atoms. The summed E-state index contributed by atoms with van der Waals surface area (Å²) in [4.78, 5) is 31.2. The van der Waals surface area contributed by atoms with Crippen LogP contribution >= 0.6 is 23.4 Å². The summed E-state index contributed by atoms with van der Waals surface area (Å²) in [5.74, 6) is 0.434. The van der Waals surface area contributed by atoms with Crippen molar-refractivity contribution in [1.82, 2.24) is 0 Å². The average Bonchev–Trinajstić information content (AvgIpc) is 3.08. The number of ether oxygens (including phenoxy) is 3. The van der Waals surface area contributed by atoms with Crippen LogP contribution in [0.2, 0.25) is 5.02 Å². The largest absolute Gasteiger partial charge is 0.497 e. The van der Waals surface area contributed by atoms with Crippen LogP contribution in [0.25, 0.3) is 6.08 Å². The molecule has 2 aromatic rings. The number of carbonyl (C=O) groups excluding carboxylic acids is 2. The highest BCUT2D eigenvalue weighted by atomic mass is 35.5. The zero-order chi connectivity index (χ0) is 23.3. The van der Waals surface area contributed by atoms with Gasteiger partial charge in [0.1, 0.15) is 17.2 Å². The maximum absolute atomic E-state index is 13.3. The minimum Gasteiger partial charge on any atom is -0.497 e. The maximum Gasteiger partial charge on any atom is 0.316 e. The Balaban J connectivity index is 1.94. The lowest BCUT2D eigenvalue weighted by atomic mass is 10.2. The molecule has 0 unspecified atom stereocenters. The predicted molar refractivity (Wildman–Crippen MR) is 128 cm³/mol. The fraction of sp³-hybridized carbons (Fsp3) is 0.261. The first-order valence-corrected chi connectivity index (χ1v) is 11.1. The van der Waals surface area contributed by atoms with Crippen LogP contribution < -0.4 is 14.4 Å². The second-order valence-corrected chi connectivity index (χ2v) is 8.33. The Hall–Kier alpha value is -2.97. The van der Waals surface area contributed by atoms with E-state index < -0.39 is 0 Å². The average molecular weight is 475 g/mol. The van der Waals surface area contributed by atoms with Crippen LogP contribution in [0.3, 0.4) is 0 Å². The Morgan fingerprint density at radius 1 is 1.16 bits per heavy atom. The molecule has 0 saturated heterocycles. The Labute approximate surface area is 196 Å². The number of carbonyl (C=O) groups is 2. The lowest BCUT2D eigenvalue weighted by Crippen LogP contribution is -2.31. The Morgan fingerprint density at radius 2 is 1.88 bits per heavy atom. The van der Waals surface area contributed by atoms with Crippen molar-refractivity contribution in [2.24, 2.45) is 4.99 Å². The number of amides is 1. The van der Waals surface area contributed by atoms with Gasteiger partial charge in [-0.25, -0.2) is 4.99 Å². The molecule has 7 nitrogen and oxygen atoms in total. The number of benzene rings is 2. The van der Waals surface area contributed by atoms with E-state index in [0.29, 0.717) is 27.4 Å². The van der Waals surface area contributed by atoms with Gasteiger partial charge in [-0.2, -0.15) is 0 Å². The van der Waals surface area contributed by atoms with Crippen LogP contribution in [0.4, 0.5) is 5.69 Å². The van der Waals surface area contributed by atoms with E-state index in [1.807, 2.05) is 12.1 Å². The second-order valence-electron chi connectivity index (χ2n) is 6.98. The van der Waals surface area contributed by atoms with E-state index in [1.54, 1.807) is 57.4 Å². The van der Waals surface area contributed by atoms with Crippen LogP contribution in [0.5, 0.6) is 11.5 Å². The topological polar surface area (TPSA) is 77.4 Å². The van der Waals surface area contributed by atoms with Crippen molar-refractivity contribution in [2.45, 2.75) is 20.0 Å². The molecule has 0 atom stereocenters. The molecule has 168 valence electrons. The molecule has 1 amide bonds. The SMILES string of the molecule is COc1ccc(/C=C2\N=C(SCC(=O)OC(C)C)N(c3ccc(Cl)c(OC)c3)C2=O)cc1.